The van der Waals surface area contributed by atoms with E-state index in [-0.39, 0.29) is 17.3 Å². The predicted octanol–water partition coefficient (Wildman–Crippen LogP) is 0.946. The minimum atomic E-state index is -1.12. The molecule has 1 unspecified atom stereocenters. The van der Waals surface area contributed by atoms with Crippen LogP contribution in [0.25, 0.3) is 0 Å². The summed E-state index contributed by atoms with van der Waals surface area (Å²) in [5, 5.41) is 8.92. The van der Waals surface area contributed by atoms with Crippen molar-refractivity contribution in [2.24, 2.45) is 0 Å². The number of carbonyl (C=O) groups is 2. The monoisotopic (exact) mass is 277 g/mol. The van der Waals surface area contributed by atoms with Gasteiger partial charge in [0.2, 0.25) is 0 Å². The molecule has 2 rings (SSSR count). The molecule has 108 valence electrons. The van der Waals surface area contributed by atoms with Gasteiger partial charge in [-0.25, -0.2) is 9.78 Å². The average Bonchev–Trinajstić information content (AvgIpc) is 2.46. The van der Waals surface area contributed by atoms with Gasteiger partial charge >= 0.3 is 5.97 Å². The Morgan fingerprint density at radius 3 is 2.70 bits per heavy atom. The second-order valence-electron chi connectivity index (χ2n) is 5.22. The fourth-order valence-corrected chi connectivity index (χ4v) is 2.40. The third-order valence-corrected chi connectivity index (χ3v) is 3.60. The highest BCUT2D eigenvalue weighted by atomic mass is 16.4. The lowest BCUT2D eigenvalue weighted by Crippen LogP contribution is -2.47. The van der Waals surface area contributed by atoms with Crippen LogP contribution < -0.4 is 0 Å². The molecule has 1 fully saturated rings. The second kappa shape index (κ2) is 6.00. The van der Waals surface area contributed by atoms with Gasteiger partial charge in [-0.15, -0.1) is 0 Å². The zero-order valence-corrected chi connectivity index (χ0v) is 11.7. The molecule has 0 aliphatic carbocycles. The number of hydrogen-bond donors (Lipinski definition) is 1. The molecule has 1 aliphatic heterocycles. The van der Waals surface area contributed by atoms with E-state index < -0.39 is 5.97 Å². The van der Waals surface area contributed by atoms with Crippen molar-refractivity contribution >= 4 is 11.9 Å². The predicted molar refractivity (Wildman–Crippen MR) is 73.8 cm³/mol. The van der Waals surface area contributed by atoms with Gasteiger partial charge < -0.3 is 14.9 Å². The summed E-state index contributed by atoms with van der Waals surface area (Å²) in [6, 6.07) is 4.85. The first-order valence-corrected chi connectivity index (χ1v) is 6.65. The Labute approximate surface area is 118 Å². The summed E-state index contributed by atoms with van der Waals surface area (Å²) >= 11 is 0. The number of nitrogens with zero attached hydrogens (tertiary/aromatic N) is 3. The van der Waals surface area contributed by atoms with Gasteiger partial charge in [-0.3, -0.25) is 4.79 Å². The Morgan fingerprint density at radius 2 is 2.05 bits per heavy atom. The summed E-state index contributed by atoms with van der Waals surface area (Å²) in [6.07, 6.45) is 2.02. The molecule has 0 radical (unpaired) electrons. The zero-order chi connectivity index (χ0) is 14.7. The van der Waals surface area contributed by atoms with E-state index in [0.717, 1.165) is 12.8 Å². The first-order valence-electron chi connectivity index (χ1n) is 6.65. The smallest absolute Gasteiger partial charge is 0.354 e. The number of likely N-dealkylation sites (tertiary alicyclic amines) is 1. The minimum absolute atomic E-state index is 0.1000. The van der Waals surface area contributed by atoms with Crippen LogP contribution in [0.1, 0.15) is 33.8 Å². The van der Waals surface area contributed by atoms with E-state index in [1.807, 2.05) is 14.1 Å². The number of aromatic nitrogens is 1. The van der Waals surface area contributed by atoms with Crippen molar-refractivity contribution in [3.63, 3.8) is 0 Å². The van der Waals surface area contributed by atoms with Gasteiger partial charge in [0.15, 0.2) is 0 Å². The van der Waals surface area contributed by atoms with Crippen LogP contribution in [-0.4, -0.2) is 65.0 Å². The molecule has 20 heavy (non-hydrogen) atoms. The molecule has 0 saturated carbocycles. The molecule has 1 amide bonds. The molecule has 0 aromatic carbocycles. The van der Waals surface area contributed by atoms with Gasteiger partial charge in [0, 0.05) is 19.1 Å². The van der Waals surface area contributed by atoms with Crippen LogP contribution in [0.5, 0.6) is 0 Å². The normalized spacial score (nSPS) is 19.1. The van der Waals surface area contributed by atoms with E-state index in [4.69, 9.17) is 5.11 Å². The Hall–Kier alpha value is -1.95. The lowest BCUT2D eigenvalue weighted by atomic mass is 10.0. The highest BCUT2D eigenvalue weighted by molar-refractivity contribution is 5.94. The molecule has 0 bridgehead atoms. The van der Waals surface area contributed by atoms with Gasteiger partial charge in [0.05, 0.1) is 0 Å². The third-order valence-electron chi connectivity index (χ3n) is 3.60. The molecule has 1 aromatic heterocycles. The summed E-state index contributed by atoms with van der Waals surface area (Å²) in [4.78, 5) is 31.1. The first kappa shape index (κ1) is 14.5. The molecule has 0 spiro atoms. The largest absolute Gasteiger partial charge is 0.477 e. The number of pyridine rings is 1. The van der Waals surface area contributed by atoms with Crippen LogP contribution >= 0.6 is 0 Å². The van der Waals surface area contributed by atoms with E-state index >= 15 is 0 Å². The van der Waals surface area contributed by atoms with E-state index in [2.05, 4.69) is 9.88 Å². The molecule has 1 saturated heterocycles. The maximum atomic E-state index is 12.4. The maximum Gasteiger partial charge on any atom is 0.354 e. The van der Waals surface area contributed by atoms with Gasteiger partial charge in [-0.2, -0.15) is 0 Å². The van der Waals surface area contributed by atoms with Gasteiger partial charge in [-0.05, 0) is 39.1 Å². The quantitative estimate of drug-likeness (QED) is 0.890. The SMILES string of the molecule is CN(C)C1CCCN(C(=O)c2cccc(C(=O)O)n2)C1. The van der Waals surface area contributed by atoms with Gasteiger partial charge in [-0.1, -0.05) is 6.07 Å². The number of aromatic carboxylic acids is 1. The van der Waals surface area contributed by atoms with Crippen molar-refractivity contribution < 1.29 is 14.7 Å². The fraction of sp³-hybridized carbons (Fsp3) is 0.500. The molecule has 6 nitrogen and oxygen atoms in total. The Morgan fingerprint density at radius 1 is 1.35 bits per heavy atom. The van der Waals surface area contributed by atoms with E-state index in [0.29, 0.717) is 19.1 Å². The van der Waals surface area contributed by atoms with Gasteiger partial charge in [0.25, 0.3) is 5.91 Å². The van der Waals surface area contributed by atoms with Crippen molar-refractivity contribution in [2.75, 3.05) is 27.2 Å². The molecule has 1 N–H and O–H groups in total. The second-order valence-corrected chi connectivity index (χ2v) is 5.22. The minimum Gasteiger partial charge on any atom is -0.477 e. The van der Waals surface area contributed by atoms with Crippen LogP contribution in [0.2, 0.25) is 0 Å². The number of carbonyl (C=O) groups excluding carboxylic acids is 1. The summed E-state index contributed by atoms with van der Waals surface area (Å²) in [7, 11) is 4.00. The third kappa shape index (κ3) is 3.14. The number of amides is 1. The van der Waals surface area contributed by atoms with E-state index in [1.54, 1.807) is 17.0 Å². The summed E-state index contributed by atoms with van der Waals surface area (Å²) in [5.41, 5.74) is 0.0984. The number of carboxylic acids is 1. The molecular weight excluding hydrogens is 258 g/mol. The molecular formula is C14H19N3O3. The van der Waals surface area contributed by atoms with Crippen molar-refractivity contribution in [2.45, 2.75) is 18.9 Å². The zero-order valence-electron chi connectivity index (χ0n) is 11.7. The number of hydrogen-bond acceptors (Lipinski definition) is 4. The Balaban J connectivity index is 2.14. The number of carboxylic acid groups (broad SMARTS) is 1. The summed E-state index contributed by atoms with van der Waals surface area (Å²) in [6.45, 7) is 1.35. The fourth-order valence-electron chi connectivity index (χ4n) is 2.40. The maximum absolute atomic E-state index is 12.4. The Bertz CT molecular complexity index is 516. The highest BCUT2D eigenvalue weighted by Gasteiger charge is 2.26. The van der Waals surface area contributed by atoms with Crippen molar-refractivity contribution in [3.8, 4) is 0 Å². The summed E-state index contributed by atoms with van der Waals surface area (Å²) in [5.74, 6) is -1.32. The van der Waals surface area contributed by atoms with Crippen molar-refractivity contribution in [3.05, 3.63) is 29.6 Å². The number of piperidine rings is 1. The van der Waals surface area contributed by atoms with Crippen LogP contribution in [0.3, 0.4) is 0 Å². The topological polar surface area (TPSA) is 73.7 Å². The standard InChI is InChI=1S/C14H19N3O3/c1-16(2)10-5-4-8-17(9-10)13(18)11-6-3-7-12(15-11)14(19)20/h3,6-7,10H,4-5,8-9H2,1-2H3,(H,19,20). The molecule has 1 aromatic rings. The van der Waals surface area contributed by atoms with Crippen LogP contribution in [0.15, 0.2) is 18.2 Å². The van der Waals surface area contributed by atoms with Gasteiger partial charge in [0.1, 0.15) is 11.4 Å². The van der Waals surface area contributed by atoms with Crippen LogP contribution in [-0.2, 0) is 0 Å². The molecule has 6 heteroatoms. The lowest BCUT2D eigenvalue weighted by molar-refractivity contribution is 0.0628. The van der Waals surface area contributed by atoms with Crippen molar-refractivity contribution in [1.82, 2.24) is 14.8 Å². The lowest BCUT2D eigenvalue weighted by Gasteiger charge is -2.35. The number of likely N-dealkylation sites (N-methyl/N-ethyl adjacent to an activating group) is 1. The van der Waals surface area contributed by atoms with Crippen LogP contribution in [0, 0.1) is 0 Å². The first-order chi connectivity index (χ1) is 9.49. The molecule has 2 heterocycles. The highest BCUT2D eigenvalue weighted by Crippen LogP contribution is 2.16. The van der Waals surface area contributed by atoms with E-state index in [9.17, 15) is 9.59 Å². The van der Waals surface area contributed by atoms with E-state index in [1.165, 1.54) is 6.07 Å². The molecule has 1 aliphatic rings. The Kier molecular flexibility index (Phi) is 4.34. The summed E-state index contributed by atoms with van der Waals surface area (Å²) < 4.78 is 0. The van der Waals surface area contributed by atoms with Crippen molar-refractivity contribution in [1.29, 1.82) is 0 Å². The molecule has 1 atom stereocenters. The van der Waals surface area contributed by atoms with Crippen LogP contribution in [0.4, 0.5) is 0 Å². The average molecular weight is 277 g/mol. The number of rotatable bonds is 3.